The minimum absolute atomic E-state index is 0.681. The first-order valence-corrected chi connectivity index (χ1v) is 6.25. The molecular formula is C12H26N2O. The van der Waals surface area contributed by atoms with E-state index in [1.54, 1.807) is 0 Å². The van der Waals surface area contributed by atoms with Crippen LogP contribution in [0.25, 0.3) is 0 Å². The molecule has 1 unspecified atom stereocenters. The van der Waals surface area contributed by atoms with Gasteiger partial charge in [-0.1, -0.05) is 13.8 Å². The molecule has 1 rings (SSSR count). The molecule has 0 aromatic heterocycles. The lowest BCUT2D eigenvalue weighted by atomic mass is 10.0. The number of hydrogen-bond acceptors (Lipinski definition) is 3. The third kappa shape index (κ3) is 5.50. The Bertz CT molecular complexity index is 162. The van der Waals surface area contributed by atoms with Gasteiger partial charge in [-0.25, -0.2) is 0 Å². The minimum Gasteiger partial charge on any atom is -0.380 e. The van der Waals surface area contributed by atoms with E-state index in [2.05, 4.69) is 31.0 Å². The number of nitrogens with zero attached hydrogens (tertiary/aromatic N) is 1. The molecule has 1 fully saturated rings. The molecule has 0 bridgehead atoms. The fourth-order valence-corrected chi connectivity index (χ4v) is 2.16. The van der Waals surface area contributed by atoms with Crippen molar-refractivity contribution in [1.29, 1.82) is 0 Å². The summed E-state index contributed by atoms with van der Waals surface area (Å²) in [4.78, 5) is 2.51. The molecule has 3 nitrogen and oxygen atoms in total. The standard InChI is InChI=1S/C12H26N2O/c1-4-15-8-7-14-6-5-13-12(10-14)9-11(2)3/h11-13H,4-10H2,1-3H3. The summed E-state index contributed by atoms with van der Waals surface area (Å²) in [5.74, 6) is 0.786. The second-order valence-electron chi connectivity index (χ2n) is 4.78. The number of ether oxygens (including phenoxy) is 1. The van der Waals surface area contributed by atoms with Crippen LogP contribution in [0.2, 0.25) is 0 Å². The van der Waals surface area contributed by atoms with Gasteiger partial charge in [-0.3, -0.25) is 4.90 Å². The van der Waals surface area contributed by atoms with Crippen LogP contribution in [0.4, 0.5) is 0 Å². The molecule has 0 radical (unpaired) electrons. The number of piperazine rings is 1. The smallest absolute Gasteiger partial charge is 0.0593 e. The fourth-order valence-electron chi connectivity index (χ4n) is 2.16. The van der Waals surface area contributed by atoms with Crippen LogP contribution in [0, 0.1) is 5.92 Å². The van der Waals surface area contributed by atoms with Crippen molar-refractivity contribution in [3.63, 3.8) is 0 Å². The van der Waals surface area contributed by atoms with Gasteiger partial charge in [0.2, 0.25) is 0 Å². The molecule has 0 spiro atoms. The number of nitrogens with one attached hydrogen (secondary N) is 1. The summed E-state index contributed by atoms with van der Waals surface area (Å²) in [6, 6.07) is 0.681. The van der Waals surface area contributed by atoms with E-state index in [9.17, 15) is 0 Å². The SMILES string of the molecule is CCOCCN1CCNC(CC(C)C)C1. The summed E-state index contributed by atoms with van der Waals surface area (Å²) in [5, 5.41) is 3.59. The summed E-state index contributed by atoms with van der Waals surface area (Å²) < 4.78 is 5.39. The predicted molar refractivity (Wildman–Crippen MR) is 64.2 cm³/mol. The number of hydrogen-bond donors (Lipinski definition) is 1. The Morgan fingerprint density at radius 2 is 2.27 bits per heavy atom. The second kappa shape index (κ2) is 7.20. The first-order chi connectivity index (χ1) is 7.22. The Labute approximate surface area is 94.2 Å². The van der Waals surface area contributed by atoms with Gasteiger partial charge in [0.15, 0.2) is 0 Å². The first kappa shape index (κ1) is 12.9. The molecular weight excluding hydrogens is 188 g/mol. The van der Waals surface area contributed by atoms with Gasteiger partial charge in [0.25, 0.3) is 0 Å². The second-order valence-corrected chi connectivity index (χ2v) is 4.78. The summed E-state index contributed by atoms with van der Waals surface area (Å²) in [6.07, 6.45) is 1.28. The third-order valence-corrected chi connectivity index (χ3v) is 2.85. The zero-order valence-electron chi connectivity index (χ0n) is 10.5. The van der Waals surface area contributed by atoms with Crippen molar-refractivity contribution < 1.29 is 4.74 Å². The normalized spacial score (nSPS) is 23.6. The molecule has 3 heteroatoms. The average Bonchev–Trinajstić information content (AvgIpc) is 2.18. The Balaban J connectivity index is 2.17. The number of rotatable bonds is 6. The maximum Gasteiger partial charge on any atom is 0.0593 e. The van der Waals surface area contributed by atoms with E-state index < -0.39 is 0 Å². The zero-order chi connectivity index (χ0) is 11.1. The Kier molecular flexibility index (Phi) is 6.22. The van der Waals surface area contributed by atoms with E-state index >= 15 is 0 Å². The molecule has 1 aliphatic rings. The van der Waals surface area contributed by atoms with Crippen molar-refractivity contribution in [1.82, 2.24) is 10.2 Å². The molecule has 0 aromatic carbocycles. The van der Waals surface area contributed by atoms with Gasteiger partial charge >= 0.3 is 0 Å². The highest BCUT2D eigenvalue weighted by Crippen LogP contribution is 2.09. The van der Waals surface area contributed by atoms with Crippen molar-refractivity contribution >= 4 is 0 Å². The van der Waals surface area contributed by atoms with E-state index in [4.69, 9.17) is 4.74 Å². The van der Waals surface area contributed by atoms with Gasteiger partial charge in [0, 0.05) is 38.8 Å². The monoisotopic (exact) mass is 214 g/mol. The lowest BCUT2D eigenvalue weighted by Crippen LogP contribution is -2.51. The van der Waals surface area contributed by atoms with Gasteiger partial charge in [-0.2, -0.15) is 0 Å². The highest BCUT2D eigenvalue weighted by molar-refractivity contribution is 4.79. The van der Waals surface area contributed by atoms with E-state index in [1.165, 1.54) is 19.5 Å². The molecule has 1 aliphatic heterocycles. The molecule has 1 atom stereocenters. The first-order valence-electron chi connectivity index (χ1n) is 6.25. The van der Waals surface area contributed by atoms with E-state index in [0.717, 1.165) is 32.2 Å². The lowest BCUT2D eigenvalue weighted by Gasteiger charge is -2.34. The molecule has 1 N–H and O–H groups in total. The van der Waals surface area contributed by atoms with Crippen LogP contribution >= 0.6 is 0 Å². The predicted octanol–water partition coefficient (Wildman–Crippen LogP) is 1.34. The van der Waals surface area contributed by atoms with Crippen molar-refractivity contribution in [2.24, 2.45) is 5.92 Å². The third-order valence-electron chi connectivity index (χ3n) is 2.85. The Morgan fingerprint density at radius 1 is 1.47 bits per heavy atom. The fraction of sp³-hybridized carbons (Fsp3) is 1.00. The lowest BCUT2D eigenvalue weighted by molar-refractivity contribution is 0.0970. The van der Waals surface area contributed by atoms with Gasteiger partial charge in [-0.05, 0) is 19.3 Å². The van der Waals surface area contributed by atoms with Crippen molar-refractivity contribution in [3.8, 4) is 0 Å². The van der Waals surface area contributed by atoms with E-state index in [0.29, 0.717) is 6.04 Å². The van der Waals surface area contributed by atoms with Gasteiger partial charge in [-0.15, -0.1) is 0 Å². The molecule has 0 aliphatic carbocycles. The van der Waals surface area contributed by atoms with Crippen molar-refractivity contribution in [3.05, 3.63) is 0 Å². The Hall–Kier alpha value is -0.120. The molecule has 90 valence electrons. The molecule has 1 heterocycles. The maximum atomic E-state index is 5.39. The van der Waals surface area contributed by atoms with Crippen LogP contribution in [-0.4, -0.2) is 50.3 Å². The van der Waals surface area contributed by atoms with Gasteiger partial charge < -0.3 is 10.1 Å². The van der Waals surface area contributed by atoms with Crippen LogP contribution in [0.1, 0.15) is 27.2 Å². The van der Waals surface area contributed by atoms with E-state index in [1.807, 2.05) is 0 Å². The molecule has 1 saturated heterocycles. The summed E-state index contributed by atoms with van der Waals surface area (Å²) in [6.45, 7) is 12.9. The Morgan fingerprint density at radius 3 is 2.93 bits per heavy atom. The summed E-state index contributed by atoms with van der Waals surface area (Å²) in [5.41, 5.74) is 0. The van der Waals surface area contributed by atoms with Crippen LogP contribution in [0.3, 0.4) is 0 Å². The largest absolute Gasteiger partial charge is 0.380 e. The highest BCUT2D eigenvalue weighted by atomic mass is 16.5. The van der Waals surface area contributed by atoms with Crippen LogP contribution in [0.5, 0.6) is 0 Å². The van der Waals surface area contributed by atoms with Crippen LogP contribution < -0.4 is 5.32 Å². The summed E-state index contributed by atoms with van der Waals surface area (Å²) in [7, 11) is 0. The highest BCUT2D eigenvalue weighted by Gasteiger charge is 2.19. The maximum absolute atomic E-state index is 5.39. The van der Waals surface area contributed by atoms with Gasteiger partial charge in [0.1, 0.15) is 0 Å². The van der Waals surface area contributed by atoms with Gasteiger partial charge in [0.05, 0.1) is 6.61 Å². The van der Waals surface area contributed by atoms with Crippen molar-refractivity contribution in [2.75, 3.05) is 39.4 Å². The molecule has 0 amide bonds. The van der Waals surface area contributed by atoms with E-state index in [-0.39, 0.29) is 0 Å². The topological polar surface area (TPSA) is 24.5 Å². The van der Waals surface area contributed by atoms with Crippen molar-refractivity contribution in [2.45, 2.75) is 33.2 Å². The van der Waals surface area contributed by atoms with Crippen LogP contribution in [-0.2, 0) is 4.74 Å². The average molecular weight is 214 g/mol. The molecule has 0 aromatic rings. The molecule has 15 heavy (non-hydrogen) atoms. The van der Waals surface area contributed by atoms with Crippen LogP contribution in [0.15, 0.2) is 0 Å². The quantitative estimate of drug-likeness (QED) is 0.675. The summed E-state index contributed by atoms with van der Waals surface area (Å²) >= 11 is 0. The molecule has 0 saturated carbocycles. The zero-order valence-corrected chi connectivity index (χ0v) is 10.5. The minimum atomic E-state index is 0.681.